The molecule has 2 aromatic rings. The van der Waals surface area contributed by atoms with Crippen molar-refractivity contribution in [1.29, 1.82) is 0 Å². The molecule has 0 saturated carbocycles. The summed E-state index contributed by atoms with van der Waals surface area (Å²) in [5, 5.41) is 14.2. The Morgan fingerprint density at radius 2 is 1.90 bits per heavy atom. The number of unbranched alkanes of at least 4 members (excludes halogenated alkanes) is 1. The molecular formula is C18H20ClN3O6S. The van der Waals surface area contributed by atoms with E-state index in [1.807, 2.05) is 6.92 Å². The molecule has 0 spiro atoms. The van der Waals surface area contributed by atoms with Crippen molar-refractivity contribution in [3.05, 3.63) is 51.5 Å². The van der Waals surface area contributed by atoms with Crippen LogP contribution in [-0.2, 0) is 14.8 Å². The van der Waals surface area contributed by atoms with Crippen LogP contribution in [-0.4, -0.2) is 25.5 Å². The lowest BCUT2D eigenvalue weighted by Crippen LogP contribution is -2.14. The van der Waals surface area contributed by atoms with E-state index < -0.39 is 26.5 Å². The van der Waals surface area contributed by atoms with Crippen LogP contribution in [0.3, 0.4) is 0 Å². The van der Waals surface area contributed by atoms with E-state index in [0.29, 0.717) is 6.42 Å². The smallest absolute Gasteiger partial charge is 0.296 e. The summed E-state index contributed by atoms with van der Waals surface area (Å²) >= 11 is 6.06. The molecule has 0 atom stereocenters. The lowest BCUT2D eigenvalue weighted by Gasteiger charge is -2.15. The van der Waals surface area contributed by atoms with Gasteiger partial charge in [-0.25, -0.2) is 8.42 Å². The van der Waals surface area contributed by atoms with Gasteiger partial charge >= 0.3 is 0 Å². The van der Waals surface area contributed by atoms with Crippen molar-refractivity contribution in [3.63, 3.8) is 0 Å². The molecule has 0 aromatic heterocycles. The van der Waals surface area contributed by atoms with Crippen molar-refractivity contribution in [3.8, 4) is 11.5 Å². The minimum Gasteiger partial charge on any atom is -0.453 e. The van der Waals surface area contributed by atoms with E-state index in [-0.39, 0.29) is 34.3 Å². The summed E-state index contributed by atoms with van der Waals surface area (Å²) in [5.41, 5.74) is -0.673. The highest BCUT2D eigenvalue weighted by atomic mass is 35.5. The summed E-state index contributed by atoms with van der Waals surface area (Å²) in [6.45, 7) is 1.91. The molecule has 0 aliphatic rings. The largest absolute Gasteiger partial charge is 0.453 e. The summed E-state index contributed by atoms with van der Waals surface area (Å²) in [6, 6.07) is 8.57. The van der Waals surface area contributed by atoms with Crippen molar-refractivity contribution in [2.45, 2.75) is 26.2 Å². The number of amides is 1. The molecule has 2 aromatic carbocycles. The second-order valence-electron chi connectivity index (χ2n) is 6.18. The molecule has 0 radical (unpaired) electrons. The molecule has 0 bridgehead atoms. The van der Waals surface area contributed by atoms with E-state index in [1.165, 1.54) is 6.07 Å². The Bertz CT molecular complexity index is 1030. The number of hydrogen-bond donors (Lipinski definition) is 2. The van der Waals surface area contributed by atoms with Gasteiger partial charge in [0, 0.05) is 6.42 Å². The van der Waals surface area contributed by atoms with Gasteiger partial charge in [-0.05, 0) is 24.6 Å². The van der Waals surface area contributed by atoms with E-state index in [0.717, 1.165) is 24.8 Å². The Kier molecular flexibility index (Phi) is 7.40. The van der Waals surface area contributed by atoms with Gasteiger partial charge in [-0.15, -0.1) is 0 Å². The number of nitrogens with zero attached hydrogens (tertiary/aromatic N) is 1. The van der Waals surface area contributed by atoms with Crippen molar-refractivity contribution in [2.75, 3.05) is 16.3 Å². The number of sulfonamides is 1. The molecule has 29 heavy (non-hydrogen) atoms. The van der Waals surface area contributed by atoms with Crippen LogP contribution in [0, 0.1) is 10.1 Å². The molecule has 11 heteroatoms. The number of carbonyl (C=O) groups excluding carboxylic acids is 1. The van der Waals surface area contributed by atoms with E-state index in [9.17, 15) is 23.3 Å². The zero-order valence-corrected chi connectivity index (χ0v) is 17.3. The van der Waals surface area contributed by atoms with Crippen molar-refractivity contribution in [2.24, 2.45) is 0 Å². The number of para-hydroxylation sites is 1. The van der Waals surface area contributed by atoms with Crippen LogP contribution in [0.2, 0.25) is 5.02 Å². The predicted octanol–water partition coefficient (Wildman–Crippen LogP) is 4.54. The fourth-order valence-electron chi connectivity index (χ4n) is 2.38. The van der Waals surface area contributed by atoms with Crippen LogP contribution >= 0.6 is 11.6 Å². The second-order valence-corrected chi connectivity index (χ2v) is 8.34. The van der Waals surface area contributed by atoms with E-state index in [2.05, 4.69) is 10.0 Å². The minimum atomic E-state index is -3.74. The zero-order chi connectivity index (χ0) is 21.6. The number of carbonyl (C=O) groups is 1. The van der Waals surface area contributed by atoms with Gasteiger partial charge in [0.1, 0.15) is 11.4 Å². The first-order chi connectivity index (χ1) is 13.6. The van der Waals surface area contributed by atoms with Crippen LogP contribution in [0.25, 0.3) is 0 Å². The van der Waals surface area contributed by atoms with Crippen LogP contribution in [0.5, 0.6) is 11.5 Å². The predicted molar refractivity (Wildman–Crippen MR) is 111 cm³/mol. The van der Waals surface area contributed by atoms with Crippen molar-refractivity contribution in [1.82, 2.24) is 0 Å². The molecule has 0 aliphatic carbocycles. The van der Waals surface area contributed by atoms with Gasteiger partial charge in [0.25, 0.3) is 5.69 Å². The Morgan fingerprint density at radius 3 is 2.48 bits per heavy atom. The molecule has 0 saturated heterocycles. The third kappa shape index (κ3) is 6.61. The molecule has 9 nitrogen and oxygen atoms in total. The maximum atomic E-state index is 12.0. The number of anilines is 2. The summed E-state index contributed by atoms with van der Waals surface area (Å²) < 4.78 is 31.4. The maximum Gasteiger partial charge on any atom is 0.296 e. The number of halogens is 1. The highest BCUT2D eigenvalue weighted by molar-refractivity contribution is 7.92. The SMILES string of the molecule is CCCCC(=O)Nc1cc(NS(C)(=O)=O)c(Oc2ccccc2Cl)cc1[N+](=O)[O-]. The maximum absolute atomic E-state index is 12.0. The van der Waals surface area contributed by atoms with E-state index in [4.69, 9.17) is 16.3 Å². The Balaban J connectivity index is 2.53. The number of nitro benzene ring substituents is 1. The molecule has 0 aliphatic heterocycles. The highest BCUT2D eigenvalue weighted by Crippen LogP contribution is 2.40. The van der Waals surface area contributed by atoms with E-state index >= 15 is 0 Å². The van der Waals surface area contributed by atoms with Gasteiger partial charge in [-0.3, -0.25) is 19.6 Å². The number of rotatable bonds is 9. The zero-order valence-electron chi connectivity index (χ0n) is 15.8. The van der Waals surface area contributed by atoms with Crippen LogP contribution in [0.4, 0.5) is 17.1 Å². The summed E-state index contributed by atoms with van der Waals surface area (Å²) in [4.78, 5) is 22.9. The van der Waals surface area contributed by atoms with Crippen LogP contribution in [0.15, 0.2) is 36.4 Å². The van der Waals surface area contributed by atoms with Crippen molar-refractivity contribution < 1.29 is 22.9 Å². The van der Waals surface area contributed by atoms with Crippen LogP contribution < -0.4 is 14.8 Å². The standard InChI is InChI=1S/C18H20ClN3O6S/c1-3-4-9-18(23)20-13-10-14(21-29(2,26)27)17(11-15(13)22(24)25)28-16-8-6-5-7-12(16)19/h5-8,10-11,21H,3-4,9H2,1-2H3,(H,20,23). The van der Waals surface area contributed by atoms with Gasteiger partial charge in [0.05, 0.1) is 28.0 Å². The second kappa shape index (κ2) is 9.57. The quantitative estimate of drug-likeness (QED) is 0.434. The highest BCUT2D eigenvalue weighted by Gasteiger charge is 2.23. The van der Waals surface area contributed by atoms with Gasteiger partial charge in [-0.1, -0.05) is 37.1 Å². The average molecular weight is 442 g/mol. The van der Waals surface area contributed by atoms with Gasteiger partial charge in [-0.2, -0.15) is 0 Å². The molecule has 0 fully saturated rings. The average Bonchev–Trinajstić information content (AvgIpc) is 2.62. The number of benzene rings is 2. The van der Waals surface area contributed by atoms with E-state index in [1.54, 1.807) is 18.2 Å². The third-order valence-corrected chi connectivity index (χ3v) is 4.58. The first-order valence-electron chi connectivity index (χ1n) is 8.63. The first-order valence-corrected chi connectivity index (χ1v) is 10.9. The molecular weight excluding hydrogens is 422 g/mol. The monoisotopic (exact) mass is 441 g/mol. The Hall–Kier alpha value is -2.85. The van der Waals surface area contributed by atoms with Crippen LogP contribution in [0.1, 0.15) is 26.2 Å². The summed E-state index contributed by atoms with van der Waals surface area (Å²) in [6.07, 6.45) is 2.50. The first kappa shape index (κ1) is 22.4. The summed E-state index contributed by atoms with van der Waals surface area (Å²) in [7, 11) is -3.74. The number of nitro groups is 1. The number of ether oxygens (including phenoxy) is 1. The number of nitrogens with one attached hydrogen (secondary N) is 2. The van der Waals surface area contributed by atoms with Gasteiger partial charge < -0.3 is 10.1 Å². The number of hydrogen-bond acceptors (Lipinski definition) is 6. The van der Waals surface area contributed by atoms with Gasteiger partial charge in [0.15, 0.2) is 5.75 Å². The third-order valence-electron chi connectivity index (χ3n) is 3.68. The fraction of sp³-hybridized carbons (Fsp3) is 0.278. The minimum absolute atomic E-state index is 0.0798. The molecule has 1 amide bonds. The summed E-state index contributed by atoms with van der Waals surface area (Å²) in [5.74, 6) is -0.374. The Labute approximate surface area is 173 Å². The molecule has 0 unspecified atom stereocenters. The lowest BCUT2D eigenvalue weighted by atomic mass is 10.2. The molecule has 2 rings (SSSR count). The Morgan fingerprint density at radius 1 is 1.21 bits per heavy atom. The molecule has 2 N–H and O–H groups in total. The van der Waals surface area contributed by atoms with Crippen molar-refractivity contribution >= 4 is 44.6 Å². The van der Waals surface area contributed by atoms with Gasteiger partial charge in [0.2, 0.25) is 15.9 Å². The lowest BCUT2D eigenvalue weighted by molar-refractivity contribution is -0.384. The topological polar surface area (TPSA) is 128 Å². The molecule has 156 valence electrons. The molecule has 0 heterocycles. The fourth-order valence-corrected chi connectivity index (χ4v) is 3.11. The normalized spacial score (nSPS) is 11.0.